The van der Waals surface area contributed by atoms with Crippen LogP contribution in [-0.2, 0) is 4.79 Å². The first-order valence-corrected chi connectivity index (χ1v) is 11.8. The molecule has 0 bridgehead atoms. The van der Waals surface area contributed by atoms with Gasteiger partial charge in [0.25, 0.3) is 0 Å². The second-order valence-corrected chi connectivity index (χ2v) is 9.26. The first-order valence-electron chi connectivity index (χ1n) is 11.0. The molecule has 3 aromatic rings. The molecule has 1 aromatic heterocycles. The average Bonchev–Trinajstić information content (AvgIpc) is 3.23. The number of nitrogens with one attached hydrogen (secondary N) is 1. The van der Waals surface area contributed by atoms with Gasteiger partial charge in [-0.3, -0.25) is 9.69 Å². The fourth-order valence-corrected chi connectivity index (χ4v) is 5.51. The van der Waals surface area contributed by atoms with Gasteiger partial charge in [0, 0.05) is 0 Å². The number of hydrogen-bond donors (Lipinski definition) is 1. The van der Waals surface area contributed by atoms with Crippen molar-refractivity contribution in [2.24, 2.45) is 0 Å². The van der Waals surface area contributed by atoms with Crippen molar-refractivity contribution in [1.29, 1.82) is 0 Å². The maximum absolute atomic E-state index is 12.9. The van der Waals surface area contributed by atoms with Crippen LogP contribution in [0.5, 0.6) is 11.5 Å². The summed E-state index contributed by atoms with van der Waals surface area (Å²) in [6.45, 7) is 4.44. The summed E-state index contributed by atoms with van der Waals surface area (Å²) >= 11 is 1.75. The Bertz CT molecular complexity index is 1050. The Morgan fingerprint density at radius 3 is 2.90 bits per heavy atom. The Kier molecular flexibility index (Phi) is 5.78. The number of para-hydroxylation sites is 1. The molecule has 0 spiro atoms. The molecule has 1 N–H and O–H groups in total. The molecule has 31 heavy (non-hydrogen) atoms. The molecule has 162 valence electrons. The number of likely N-dealkylation sites (tertiary alicyclic amines) is 1. The van der Waals surface area contributed by atoms with E-state index in [2.05, 4.69) is 28.4 Å². The Balaban J connectivity index is 1.26. The molecule has 6 nitrogen and oxygen atoms in total. The van der Waals surface area contributed by atoms with Crippen molar-refractivity contribution < 1.29 is 14.3 Å². The number of nitrogens with zero attached hydrogens (tertiary/aromatic N) is 2. The summed E-state index contributed by atoms with van der Waals surface area (Å²) in [4.78, 5) is 20.1. The molecule has 2 aromatic carbocycles. The van der Waals surface area contributed by atoms with Crippen LogP contribution in [0.2, 0.25) is 0 Å². The zero-order valence-corrected chi connectivity index (χ0v) is 18.5. The SMILES string of the molecule is C[C@@H](NC(=O)CN1CCCC[C@H]1c1nc2ccccc2s1)c1ccc2c(c1)OCCO2. The molecule has 5 rings (SSSR count). The fourth-order valence-electron chi connectivity index (χ4n) is 4.38. The highest BCUT2D eigenvalue weighted by atomic mass is 32.1. The number of thiazole rings is 1. The van der Waals surface area contributed by atoms with Crippen molar-refractivity contribution in [2.75, 3.05) is 26.3 Å². The van der Waals surface area contributed by atoms with E-state index in [-0.39, 0.29) is 18.0 Å². The van der Waals surface area contributed by atoms with E-state index in [1.165, 1.54) is 11.1 Å². The van der Waals surface area contributed by atoms with Gasteiger partial charge >= 0.3 is 0 Å². The van der Waals surface area contributed by atoms with Crippen LogP contribution in [0.25, 0.3) is 10.2 Å². The van der Waals surface area contributed by atoms with Crippen molar-refractivity contribution in [3.05, 3.63) is 53.0 Å². The number of fused-ring (bicyclic) bond motifs is 2. The van der Waals surface area contributed by atoms with E-state index in [0.717, 1.165) is 47.0 Å². The van der Waals surface area contributed by atoms with Gasteiger partial charge in [-0.25, -0.2) is 4.98 Å². The summed E-state index contributed by atoms with van der Waals surface area (Å²) in [5.41, 5.74) is 2.06. The van der Waals surface area contributed by atoms with Crippen molar-refractivity contribution in [3.63, 3.8) is 0 Å². The number of carbonyl (C=O) groups is 1. The van der Waals surface area contributed by atoms with Crippen LogP contribution in [0.15, 0.2) is 42.5 Å². The van der Waals surface area contributed by atoms with E-state index in [1.54, 1.807) is 11.3 Å². The molecule has 3 heterocycles. The number of ether oxygens (including phenoxy) is 2. The lowest BCUT2D eigenvalue weighted by atomic mass is 10.0. The number of benzene rings is 2. The van der Waals surface area contributed by atoms with Crippen molar-refractivity contribution >= 4 is 27.5 Å². The Morgan fingerprint density at radius 2 is 2.03 bits per heavy atom. The van der Waals surface area contributed by atoms with Gasteiger partial charge in [0.2, 0.25) is 5.91 Å². The van der Waals surface area contributed by atoms with E-state index in [1.807, 2.05) is 31.2 Å². The molecule has 1 saturated heterocycles. The molecule has 2 atom stereocenters. The minimum absolute atomic E-state index is 0.0374. The van der Waals surface area contributed by atoms with E-state index in [0.29, 0.717) is 19.8 Å². The summed E-state index contributed by atoms with van der Waals surface area (Å²) < 4.78 is 12.5. The molecule has 0 unspecified atom stereocenters. The minimum Gasteiger partial charge on any atom is -0.486 e. The van der Waals surface area contributed by atoms with E-state index >= 15 is 0 Å². The Hall–Kier alpha value is -2.64. The lowest BCUT2D eigenvalue weighted by molar-refractivity contribution is -0.123. The smallest absolute Gasteiger partial charge is 0.234 e. The van der Waals surface area contributed by atoms with Crippen LogP contribution >= 0.6 is 11.3 Å². The van der Waals surface area contributed by atoms with Crippen LogP contribution < -0.4 is 14.8 Å². The fraction of sp³-hybridized carbons (Fsp3) is 0.417. The largest absolute Gasteiger partial charge is 0.486 e. The highest BCUT2D eigenvalue weighted by molar-refractivity contribution is 7.18. The summed E-state index contributed by atoms with van der Waals surface area (Å²) in [7, 11) is 0. The monoisotopic (exact) mass is 437 g/mol. The third kappa shape index (κ3) is 4.38. The average molecular weight is 438 g/mol. The zero-order chi connectivity index (χ0) is 21.2. The number of rotatable bonds is 5. The Labute approximate surface area is 186 Å². The first kappa shape index (κ1) is 20.3. The third-order valence-corrected chi connectivity index (χ3v) is 7.14. The van der Waals surface area contributed by atoms with Crippen LogP contribution in [0, 0.1) is 0 Å². The van der Waals surface area contributed by atoms with Crippen LogP contribution in [0.1, 0.15) is 48.8 Å². The van der Waals surface area contributed by atoms with Crippen LogP contribution in [-0.4, -0.2) is 42.1 Å². The molecular weight excluding hydrogens is 410 g/mol. The Morgan fingerprint density at radius 1 is 1.19 bits per heavy atom. The second-order valence-electron chi connectivity index (χ2n) is 8.19. The molecular formula is C24H27N3O3S. The molecule has 2 aliphatic rings. The number of hydrogen-bond acceptors (Lipinski definition) is 6. The third-order valence-electron chi connectivity index (χ3n) is 6.00. The second kappa shape index (κ2) is 8.85. The molecule has 0 radical (unpaired) electrons. The number of amides is 1. The summed E-state index contributed by atoms with van der Waals surface area (Å²) in [6, 6.07) is 14.2. The summed E-state index contributed by atoms with van der Waals surface area (Å²) in [6.07, 6.45) is 3.34. The summed E-state index contributed by atoms with van der Waals surface area (Å²) in [5.74, 6) is 1.55. The standard InChI is InChI=1S/C24H27N3O3S/c1-16(17-9-10-20-21(14-17)30-13-12-29-20)25-23(28)15-27-11-5-4-7-19(27)24-26-18-6-2-3-8-22(18)31-24/h2-3,6,8-10,14,16,19H,4-5,7,11-13,15H2,1H3,(H,25,28)/t16-,19+/m1/s1. The highest BCUT2D eigenvalue weighted by Gasteiger charge is 2.28. The maximum atomic E-state index is 12.9. The van der Waals surface area contributed by atoms with E-state index in [9.17, 15) is 4.79 Å². The molecule has 7 heteroatoms. The molecule has 1 fully saturated rings. The van der Waals surface area contributed by atoms with Crippen LogP contribution in [0.3, 0.4) is 0 Å². The topological polar surface area (TPSA) is 63.7 Å². The molecule has 0 aliphatic carbocycles. The van der Waals surface area contributed by atoms with Crippen LogP contribution in [0.4, 0.5) is 0 Å². The van der Waals surface area contributed by atoms with Crippen molar-refractivity contribution in [2.45, 2.75) is 38.3 Å². The van der Waals surface area contributed by atoms with Gasteiger partial charge in [-0.1, -0.05) is 24.6 Å². The predicted octanol–water partition coefficient (Wildman–Crippen LogP) is 4.47. The maximum Gasteiger partial charge on any atom is 0.234 e. The lowest BCUT2D eigenvalue weighted by Gasteiger charge is -2.34. The minimum atomic E-state index is -0.103. The number of carbonyl (C=O) groups excluding carboxylic acids is 1. The van der Waals surface area contributed by atoms with Gasteiger partial charge in [-0.05, 0) is 56.1 Å². The first-order chi connectivity index (χ1) is 15.2. The van der Waals surface area contributed by atoms with Gasteiger partial charge in [-0.2, -0.15) is 0 Å². The van der Waals surface area contributed by atoms with Gasteiger partial charge in [-0.15, -0.1) is 11.3 Å². The quantitative estimate of drug-likeness (QED) is 0.638. The lowest BCUT2D eigenvalue weighted by Crippen LogP contribution is -2.42. The number of piperidine rings is 1. The summed E-state index contributed by atoms with van der Waals surface area (Å²) in [5, 5.41) is 4.27. The highest BCUT2D eigenvalue weighted by Crippen LogP contribution is 2.36. The van der Waals surface area contributed by atoms with E-state index in [4.69, 9.17) is 14.5 Å². The van der Waals surface area contributed by atoms with Crippen molar-refractivity contribution in [1.82, 2.24) is 15.2 Å². The van der Waals surface area contributed by atoms with Gasteiger partial charge in [0.05, 0.1) is 28.8 Å². The van der Waals surface area contributed by atoms with Crippen molar-refractivity contribution in [3.8, 4) is 11.5 Å². The predicted molar refractivity (Wildman–Crippen MR) is 122 cm³/mol. The normalized spacial score (nSPS) is 19.8. The van der Waals surface area contributed by atoms with E-state index < -0.39 is 0 Å². The molecule has 0 saturated carbocycles. The van der Waals surface area contributed by atoms with Gasteiger partial charge in [0.15, 0.2) is 11.5 Å². The number of aromatic nitrogens is 1. The molecule has 1 amide bonds. The molecule has 2 aliphatic heterocycles. The van der Waals surface area contributed by atoms with Gasteiger partial charge in [0.1, 0.15) is 18.2 Å². The zero-order valence-electron chi connectivity index (χ0n) is 17.7. The van der Waals surface area contributed by atoms with Gasteiger partial charge < -0.3 is 14.8 Å².